The molecule has 1 aromatic heterocycles. The van der Waals surface area contributed by atoms with Crippen molar-refractivity contribution in [1.29, 1.82) is 0 Å². The molecule has 0 aliphatic carbocycles. The maximum Gasteiger partial charge on any atom is 0.222 e. The molecule has 0 aliphatic heterocycles. The van der Waals surface area contributed by atoms with Crippen molar-refractivity contribution in [3.05, 3.63) is 48.5 Å². The Morgan fingerprint density at radius 1 is 1.24 bits per heavy atom. The second kappa shape index (κ2) is 8.86. The number of rotatable bonds is 8. The molecule has 0 bridgehead atoms. The van der Waals surface area contributed by atoms with Crippen molar-refractivity contribution in [2.24, 2.45) is 0 Å². The molecule has 7 nitrogen and oxygen atoms in total. The van der Waals surface area contributed by atoms with Crippen LogP contribution in [-0.2, 0) is 16.1 Å². The summed E-state index contributed by atoms with van der Waals surface area (Å²) in [6.45, 7) is 4.01. The molecule has 7 heteroatoms. The number of hydrogen-bond acceptors (Lipinski definition) is 4. The Kier molecular flexibility index (Phi) is 6.56. The number of aromatic nitrogens is 2. The first-order chi connectivity index (χ1) is 12.0. The van der Waals surface area contributed by atoms with Crippen molar-refractivity contribution in [3.8, 4) is 5.75 Å². The minimum atomic E-state index is -0.385. The van der Waals surface area contributed by atoms with Gasteiger partial charge in [0, 0.05) is 31.9 Å². The summed E-state index contributed by atoms with van der Waals surface area (Å²) in [5, 5.41) is 5.78. The Bertz CT molecular complexity index is 683. The van der Waals surface area contributed by atoms with Crippen molar-refractivity contribution in [1.82, 2.24) is 20.2 Å². The average molecular weight is 344 g/mol. The monoisotopic (exact) mass is 344 g/mol. The summed E-state index contributed by atoms with van der Waals surface area (Å²) >= 11 is 0. The zero-order valence-corrected chi connectivity index (χ0v) is 14.7. The number of carbonyl (C=O) groups is 2. The first-order valence-electron chi connectivity index (χ1n) is 8.14. The summed E-state index contributed by atoms with van der Waals surface area (Å²) in [7, 11) is 1.59. The number of hydrogen-bond donors (Lipinski definition) is 2. The highest BCUT2D eigenvalue weighted by molar-refractivity contribution is 5.79. The van der Waals surface area contributed by atoms with Gasteiger partial charge in [-0.1, -0.05) is 12.1 Å². The Labute approximate surface area is 147 Å². The van der Waals surface area contributed by atoms with Gasteiger partial charge in [-0.25, -0.2) is 4.98 Å². The van der Waals surface area contributed by atoms with E-state index in [4.69, 9.17) is 4.74 Å². The van der Waals surface area contributed by atoms with Crippen LogP contribution in [0.25, 0.3) is 0 Å². The van der Waals surface area contributed by atoms with Crippen LogP contribution in [0.5, 0.6) is 5.75 Å². The van der Waals surface area contributed by atoms with Gasteiger partial charge in [-0.15, -0.1) is 0 Å². The number of nitrogens with zero attached hydrogens (tertiary/aromatic N) is 2. The normalized spacial score (nSPS) is 12.9. The number of carbonyl (C=O) groups excluding carboxylic acids is 2. The summed E-state index contributed by atoms with van der Waals surface area (Å²) in [4.78, 5) is 27.8. The maximum absolute atomic E-state index is 12.4. The smallest absolute Gasteiger partial charge is 0.222 e. The van der Waals surface area contributed by atoms with Crippen LogP contribution >= 0.6 is 0 Å². The number of ether oxygens (including phenoxy) is 1. The molecule has 2 unspecified atom stereocenters. The number of benzene rings is 1. The molecule has 0 saturated heterocycles. The number of nitrogens with one attached hydrogen (secondary N) is 2. The fraction of sp³-hybridized carbons (Fsp3) is 0.389. The van der Waals surface area contributed by atoms with Gasteiger partial charge in [0.1, 0.15) is 5.75 Å². The predicted molar refractivity (Wildman–Crippen MR) is 94.0 cm³/mol. The van der Waals surface area contributed by atoms with E-state index in [2.05, 4.69) is 15.6 Å². The molecule has 2 aromatic rings. The van der Waals surface area contributed by atoms with Crippen LogP contribution in [0.4, 0.5) is 0 Å². The summed E-state index contributed by atoms with van der Waals surface area (Å²) in [5.74, 6) is 0.422. The molecule has 134 valence electrons. The van der Waals surface area contributed by atoms with Crippen molar-refractivity contribution in [2.45, 2.75) is 38.9 Å². The van der Waals surface area contributed by atoms with Crippen molar-refractivity contribution in [3.63, 3.8) is 0 Å². The van der Waals surface area contributed by atoms with Gasteiger partial charge in [0.25, 0.3) is 0 Å². The first kappa shape index (κ1) is 18.5. The van der Waals surface area contributed by atoms with Crippen molar-refractivity contribution in [2.75, 3.05) is 7.11 Å². The van der Waals surface area contributed by atoms with Gasteiger partial charge in [-0.3, -0.25) is 9.59 Å². The van der Waals surface area contributed by atoms with Crippen molar-refractivity contribution < 1.29 is 14.3 Å². The number of amides is 2. The maximum atomic E-state index is 12.4. The SMILES string of the molecule is COc1ccc(C(CC(=O)NC(C)Cn2ccnc2)NC(C)=O)cc1. The highest BCUT2D eigenvalue weighted by atomic mass is 16.5. The van der Waals surface area contributed by atoms with E-state index in [1.54, 1.807) is 19.6 Å². The van der Waals surface area contributed by atoms with E-state index >= 15 is 0 Å². The second-order valence-corrected chi connectivity index (χ2v) is 5.96. The Morgan fingerprint density at radius 3 is 2.52 bits per heavy atom. The lowest BCUT2D eigenvalue weighted by Gasteiger charge is -2.20. The third kappa shape index (κ3) is 5.95. The van der Waals surface area contributed by atoms with Crippen LogP contribution in [0.3, 0.4) is 0 Å². The van der Waals surface area contributed by atoms with Crippen LogP contribution < -0.4 is 15.4 Å². The Balaban J connectivity index is 1.97. The van der Waals surface area contributed by atoms with Crippen LogP contribution in [-0.4, -0.2) is 34.5 Å². The van der Waals surface area contributed by atoms with Crippen LogP contribution in [0, 0.1) is 0 Å². The average Bonchev–Trinajstić information content (AvgIpc) is 3.06. The molecule has 2 atom stereocenters. The van der Waals surface area contributed by atoms with Crippen LogP contribution in [0.15, 0.2) is 43.0 Å². The molecule has 2 rings (SSSR count). The van der Waals surface area contributed by atoms with Gasteiger partial charge in [-0.2, -0.15) is 0 Å². The fourth-order valence-corrected chi connectivity index (χ4v) is 2.61. The van der Waals surface area contributed by atoms with Gasteiger partial charge in [-0.05, 0) is 24.6 Å². The van der Waals surface area contributed by atoms with Crippen LogP contribution in [0.1, 0.15) is 31.9 Å². The molecule has 0 aliphatic rings. The first-order valence-corrected chi connectivity index (χ1v) is 8.14. The zero-order chi connectivity index (χ0) is 18.2. The highest BCUT2D eigenvalue weighted by Crippen LogP contribution is 2.20. The molecule has 25 heavy (non-hydrogen) atoms. The Hall–Kier alpha value is -2.83. The van der Waals surface area contributed by atoms with E-state index in [0.29, 0.717) is 6.54 Å². The summed E-state index contributed by atoms with van der Waals surface area (Å²) in [6, 6.07) is 6.89. The van der Waals surface area contributed by atoms with Gasteiger partial charge < -0.3 is 19.9 Å². The number of imidazole rings is 1. The summed E-state index contributed by atoms with van der Waals surface area (Å²) in [5.41, 5.74) is 0.855. The minimum Gasteiger partial charge on any atom is -0.497 e. The minimum absolute atomic E-state index is 0.0458. The predicted octanol–water partition coefficient (Wildman–Crippen LogP) is 1.66. The lowest BCUT2D eigenvalue weighted by molar-refractivity contribution is -0.123. The number of methoxy groups -OCH3 is 1. The molecule has 0 spiro atoms. The molecule has 0 saturated carbocycles. The van der Waals surface area contributed by atoms with E-state index in [0.717, 1.165) is 11.3 Å². The lowest BCUT2D eigenvalue weighted by atomic mass is 10.0. The fourth-order valence-electron chi connectivity index (χ4n) is 2.61. The van der Waals surface area contributed by atoms with Gasteiger partial charge in [0.2, 0.25) is 11.8 Å². The molecule has 1 aromatic carbocycles. The summed E-state index contributed by atoms with van der Waals surface area (Å²) in [6.07, 6.45) is 5.42. The largest absolute Gasteiger partial charge is 0.497 e. The molecular weight excluding hydrogens is 320 g/mol. The zero-order valence-electron chi connectivity index (χ0n) is 14.7. The highest BCUT2D eigenvalue weighted by Gasteiger charge is 2.18. The van der Waals surface area contributed by atoms with Crippen molar-refractivity contribution >= 4 is 11.8 Å². The topological polar surface area (TPSA) is 85.2 Å². The molecule has 1 heterocycles. The van der Waals surface area contributed by atoms with Gasteiger partial charge in [0.15, 0.2) is 0 Å². The van der Waals surface area contributed by atoms with E-state index < -0.39 is 0 Å². The van der Waals surface area contributed by atoms with Crippen LogP contribution in [0.2, 0.25) is 0 Å². The standard InChI is InChI=1S/C18H24N4O3/c1-13(11-22-9-8-19-12-22)20-18(24)10-17(21-14(2)23)15-4-6-16(25-3)7-5-15/h4-9,12-13,17H,10-11H2,1-3H3,(H,20,24)(H,21,23). The lowest BCUT2D eigenvalue weighted by Crippen LogP contribution is -2.38. The second-order valence-electron chi connectivity index (χ2n) is 5.96. The molecule has 2 amide bonds. The van der Waals surface area contributed by atoms with Gasteiger partial charge in [0.05, 0.1) is 25.9 Å². The Morgan fingerprint density at radius 2 is 1.96 bits per heavy atom. The molecule has 0 fully saturated rings. The summed E-state index contributed by atoms with van der Waals surface area (Å²) < 4.78 is 7.04. The van der Waals surface area contributed by atoms with E-state index in [-0.39, 0.29) is 30.3 Å². The van der Waals surface area contributed by atoms with E-state index in [1.807, 2.05) is 42.0 Å². The molecule has 2 N–H and O–H groups in total. The molecular formula is C18H24N4O3. The quantitative estimate of drug-likeness (QED) is 0.763. The van der Waals surface area contributed by atoms with E-state index in [1.165, 1.54) is 6.92 Å². The van der Waals surface area contributed by atoms with E-state index in [9.17, 15) is 9.59 Å². The third-order valence-electron chi connectivity index (χ3n) is 3.74. The third-order valence-corrected chi connectivity index (χ3v) is 3.74. The molecule has 0 radical (unpaired) electrons. The van der Waals surface area contributed by atoms with Gasteiger partial charge >= 0.3 is 0 Å².